The number of aliphatic hydroxyl groups excluding tert-OH is 1. The Hall–Kier alpha value is -3.43. The second kappa shape index (κ2) is 6.28. The molecule has 5 N–H and O–H groups in total. The van der Waals surface area contributed by atoms with Gasteiger partial charge in [0.1, 0.15) is 34.7 Å². The molecule has 0 aromatic heterocycles. The summed E-state index contributed by atoms with van der Waals surface area (Å²) in [6, 6.07) is 3.67. The second-order valence-electron chi connectivity index (χ2n) is 7.53. The van der Waals surface area contributed by atoms with Gasteiger partial charge >= 0.3 is 0 Å². The summed E-state index contributed by atoms with van der Waals surface area (Å²) in [5.74, 6) is -6.65. The number of rotatable bonds is 2. The predicted octanol–water partition coefficient (Wildman–Crippen LogP) is 1.04. The summed E-state index contributed by atoms with van der Waals surface area (Å²) < 4.78 is 5.22. The highest BCUT2D eigenvalue weighted by molar-refractivity contribution is 6.33. The van der Waals surface area contributed by atoms with E-state index in [1.165, 1.54) is 19.2 Å². The molecule has 2 aliphatic carbocycles. The van der Waals surface area contributed by atoms with Crippen LogP contribution in [0, 0.1) is 5.92 Å². The molecule has 2 aromatic carbocycles. The van der Waals surface area contributed by atoms with Gasteiger partial charge in [-0.05, 0) is 36.4 Å². The van der Waals surface area contributed by atoms with Crippen LogP contribution in [0.3, 0.4) is 0 Å². The maximum atomic E-state index is 13.3. The molecule has 0 saturated heterocycles. The summed E-state index contributed by atoms with van der Waals surface area (Å²) >= 11 is 0. The van der Waals surface area contributed by atoms with Crippen molar-refractivity contribution in [3.8, 4) is 17.2 Å². The fraction of sp³-hybridized carbons (Fsp3) is 0.286. The molecule has 0 saturated carbocycles. The Labute approximate surface area is 169 Å². The van der Waals surface area contributed by atoms with E-state index in [-0.39, 0.29) is 34.1 Å². The van der Waals surface area contributed by atoms with Gasteiger partial charge in [-0.1, -0.05) is 0 Å². The number of benzene rings is 2. The topological polar surface area (TPSA) is 162 Å². The first-order valence-corrected chi connectivity index (χ1v) is 9.03. The van der Waals surface area contributed by atoms with E-state index >= 15 is 0 Å². The lowest BCUT2D eigenvalue weighted by molar-refractivity contribution is -0.145. The number of Topliss-reactive ketones (excluding diaryl/α,β-unsaturated/α-hetero) is 3. The summed E-state index contributed by atoms with van der Waals surface area (Å²) in [5, 5.41) is 52.3. The van der Waals surface area contributed by atoms with Gasteiger partial charge in [-0.25, -0.2) is 0 Å². The third kappa shape index (κ3) is 2.33. The van der Waals surface area contributed by atoms with Gasteiger partial charge in [0, 0.05) is 19.1 Å². The van der Waals surface area contributed by atoms with Crippen molar-refractivity contribution in [1.82, 2.24) is 0 Å². The number of phenols is 3. The van der Waals surface area contributed by atoms with Crippen LogP contribution in [0.4, 0.5) is 0 Å². The molecule has 9 heteroatoms. The molecule has 30 heavy (non-hydrogen) atoms. The Balaban J connectivity index is 2.03. The van der Waals surface area contributed by atoms with Crippen molar-refractivity contribution < 1.29 is 44.7 Å². The lowest BCUT2D eigenvalue weighted by Gasteiger charge is -2.44. The predicted molar refractivity (Wildman–Crippen MR) is 102 cm³/mol. The monoisotopic (exact) mass is 414 g/mol. The van der Waals surface area contributed by atoms with Crippen LogP contribution in [-0.2, 0) is 20.7 Å². The van der Waals surface area contributed by atoms with E-state index in [4.69, 9.17) is 4.74 Å². The minimum Gasteiger partial charge on any atom is -0.509 e. The van der Waals surface area contributed by atoms with E-state index in [0.29, 0.717) is 0 Å². The molecule has 0 bridgehead atoms. The maximum absolute atomic E-state index is 13.3. The molecule has 0 unspecified atom stereocenters. The summed E-state index contributed by atoms with van der Waals surface area (Å²) in [6.45, 7) is 1.01. The molecule has 0 fully saturated rings. The standard InChI is InChI=1S/C21H18O9/c1-7(22)13-17(26)18(30-2)11-5-9-3-8-4-10(23)6-12(24)14(8)16(25)15(9)20(28)21(11,29)19(13)27/h3-4,6,11,18,23-26,29H,5H2,1-2H3/t11-,18-,21+/m0/s1. The minimum absolute atomic E-state index is 0.140. The van der Waals surface area contributed by atoms with Crippen molar-refractivity contribution in [1.29, 1.82) is 0 Å². The Kier molecular flexibility index (Phi) is 4.16. The van der Waals surface area contributed by atoms with E-state index in [0.717, 1.165) is 13.0 Å². The first-order valence-electron chi connectivity index (χ1n) is 9.03. The molecule has 0 amide bonds. The van der Waals surface area contributed by atoms with Crippen molar-refractivity contribution in [2.75, 3.05) is 7.11 Å². The van der Waals surface area contributed by atoms with Gasteiger partial charge in [0.05, 0.1) is 10.9 Å². The van der Waals surface area contributed by atoms with Crippen molar-refractivity contribution >= 4 is 28.1 Å². The first kappa shape index (κ1) is 19.9. The van der Waals surface area contributed by atoms with Crippen LogP contribution >= 0.6 is 0 Å². The summed E-state index contributed by atoms with van der Waals surface area (Å²) in [4.78, 5) is 38.2. The highest BCUT2D eigenvalue weighted by Gasteiger charge is 2.62. The number of carbonyl (C=O) groups excluding carboxylic acids is 3. The van der Waals surface area contributed by atoms with Crippen LogP contribution in [0.1, 0.15) is 22.8 Å². The molecule has 2 aromatic rings. The van der Waals surface area contributed by atoms with Crippen LogP contribution < -0.4 is 0 Å². The molecule has 9 nitrogen and oxygen atoms in total. The van der Waals surface area contributed by atoms with Crippen LogP contribution in [0.15, 0.2) is 29.5 Å². The molecule has 4 rings (SSSR count). The van der Waals surface area contributed by atoms with Crippen molar-refractivity contribution in [2.24, 2.45) is 5.92 Å². The number of ketones is 3. The third-order valence-corrected chi connectivity index (χ3v) is 5.88. The number of carbonyl (C=O) groups is 3. The van der Waals surface area contributed by atoms with Crippen molar-refractivity contribution in [3.63, 3.8) is 0 Å². The van der Waals surface area contributed by atoms with Crippen LogP contribution in [-0.4, -0.2) is 61.7 Å². The zero-order chi connectivity index (χ0) is 22.1. The number of hydrogen-bond acceptors (Lipinski definition) is 9. The largest absolute Gasteiger partial charge is 0.509 e. The van der Waals surface area contributed by atoms with Gasteiger partial charge in [-0.3, -0.25) is 14.4 Å². The van der Waals surface area contributed by atoms with Gasteiger partial charge < -0.3 is 30.3 Å². The summed E-state index contributed by atoms with van der Waals surface area (Å²) in [5.41, 5.74) is -3.64. The van der Waals surface area contributed by atoms with E-state index < -0.39 is 57.8 Å². The molecule has 3 atom stereocenters. The highest BCUT2D eigenvalue weighted by atomic mass is 16.5. The van der Waals surface area contributed by atoms with Gasteiger partial charge in [0.25, 0.3) is 0 Å². The molecular weight excluding hydrogens is 396 g/mol. The van der Waals surface area contributed by atoms with Crippen LogP contribution in [0.5, 0.6) is 17.2 Å². The fourth-order valence-corrected chi connectivity index (χ4v) is 4.55. The minimum atomic E-state index is -2.75. The second-order valence-corrected chi connectivity index (χ2v) is 7.53. The number of phenolic OH excluding ortho intramolecular Hbond substituents is 3. The third-order valence-electron chi connectivity index (χ3n) is 5.88. The molecule has 0 heterocycles. The smallest absolute Gasteiger partial charge is 0.209 e. The average molecular weight is 414 g/mol. The normalized spacial score (nSPS) is 26.0. The Morgan fingerprint density at radius 3 is 2.37 bits per heavy atom. The zero-order valence-corrected chi connectivity index (χ0v) is 16.0. The summed E-state index contributed by atoms with van der Waals surface area (Å²) in [7, 11) is 1.20. The average Bonchev–Trinajstić information content (AvgIpc) is 2.64. The molecule has 0 radical (unpaired) electrons. The number of methoxy groups -OCH3 is 1. The number of hydrogen-bond donors (Lipinski definition) is 5. The lowest BCUT2D eigenvalue weighted by atomic mass is 9.62. The molecule has 2 aliphatic rings. The molecule has 0 aliphatic heterocycles. The van der Waals surface area contributed by atoms with Crippen LogP contribution in [0.2, 0.25) is 0 Å². The van der Waals surface area contributed by atoms with E-state index in [1.807, 2.05) is 0 Å². The van der Waals surface area contributed by atoms with Gasteiger partial charge in [-0.2, -0.15) is 0 Å². The van der Waals surface area contributed by atoms with E-state index in [9.17, 15) is 39.9 Å². The lowest BCUT2D eigenvalue weighted by Crippen LogP contribution is -2.63. The zero-order valence-electron chi connectivity index (χ0n) is 16.0. The number of aliphatic hydroxyl groups is 2. The number of ether oxygens (including phenoxy) is 1. The van der Waals surface area contributed by atoms with Crippen molar-refractivity contribution in [3.05, 3.63) is 40.7 Å². The number of aromatic hydroxyl groups is 3. The Morgan fingerprint density at radius 2 is 1.77 bits per heavy atom. The van der Waals surface area contributed by atoms with Crippen molar-refractivity contribution in [2.45, 2.75) is 25.0 Å². The molecule has 156 valence electrons. The van der Waals surface area contributed by atoms with E-state index in [1.54, 1.807) is 0 Å². The quantitative estimate of drug-likeness (QED) is 0.357. The van der Waals surface area contributed by atoms with Gasteiger partial charge in [-0.15, -0.1) is 0 Å². The molecular formula is C21H18O9. The SMILES string of the molecule is CO[C@@H]1C(O)=C(C(C)=O)C(=O)[C@@]2(O)C(=O)c3c(cc4cc(O)cc(O)c4c3O)C[C@@H]12. The number of fused-ring (bicyclic) bond motifs is 3. The fourth-order valence-electron chi connectivity index (χ4n) is 4.55. The Bertz CT molecular complexity index is 1190. The van der Waals surface area contributed by atoms with Gasteiger partial charge in [0.2, 0.25) is 11.6 Å². The Morgan fingerprint density at radius 1 is 1.10 bits per heavy atom. The first-order chi connectivity index (χ1) is 14.0. The maximum Gasteiger partial charge on any atom is 0.209 e. The van der Waals surface area contributed by atoms with E-state index in [2.05, 4.69) is 0 Å². The van der Waals surface area contributed by atoms with Crippen LogP contribution in [0.25, 0.3) is 10.8 Å². The summed E-state index contributed by atoms with van der Waals surface area (Å²) in [6.07, 6.45) is -1.49. The highest BCUT2D eigenvalue weighted by Crippen LogP contribution is 2.49. The van der Waals surface area contributed by atoms with Gasteiger partial charge in [0.15, 0.2) is 11.4 Å². The molecule has 0 spiro atoms.